The monoisotopic (exact) mass is 383 g/mol. The minimum Gasteiger partial charge on any atom is -0.419 e. The number of hydrogen-bond donors (Lipinski definition) is 0. The Bertz CT molecular complexity index is 834. The summed E-state index contributed by atoms with van der Waals surface area (Å²) >= 11 is 0. The van der Waals surface area contributed by atoms with Crippen LogP contribution in [0.1, 0.15) is 56.1 Å². The first kappa shape index (κ1) is 21.5. The number of nitrogens with zero attached hydrogens (tertiary/aromatic N) is 1. The molecule has 0 aliphatic carbocycles. The number of carbonyl (C=O) groups is 2. The number of ether oxygens (including phenoxy) is 2. The number of rotatable bonds is 5. The van der Waals surface area contributed by atoms with Gasteiger partial charge in [-0.2, -0.15) is 0 Å². The molecule has 0 N–H and O–H groups in total. The van der Waals surface area contributed by atoms with Crippen LogP contribution in [0.2, 0.25) is 0 Å². The van der Waals surface area contributed by atoms with E-state index in [0.29, 0.717) is 18.7 Å². The van der Waals surface area contributed by atoms with Gasteiger partial charge in [-0.25, -0.2) is 9.59 Å². The van der Waals surface area contributed by atoms with Gasteiger partial charge in [0.2, 0.25) is 0 Å². The van der Waals surface area contributed by atoms with Gasteiger partial charge in [-0.15, -0.1) is 0 Å². The number of aryl methyl sites for hydroxylation is 1. The van der Waals surface area contributed by atoms with Crippen LogP contribution >= 0.6 is 0 Å². The summed E-state index contributed by atoms with van der Waals surface area (Å²) < 4.78 is 11.3. The predicted octanol–water partition coefficient (Wildman–Crippen LogP) is 5.35. The minimum atomic E-state index is -0.493. The minimum absolute atomic E-state index is 0.150. The lowest BCUT2D eigenvalue weighted by Crippen LogP contribution is -2.33. The second kappa shape index (κ2) is 8.91. The van der Waals surface area contributed by atoms with Gasteiger partial charge in [0, 0.05) is 13.1 Å². The Morgan fingerprint density at radius 2 is 1.57 bits per heavy atom. The standard InChI is InChI=1S/C23H29NO4/c1-7-24(8-2)22(26)27-19-15-18(23(4,5)6)14-16(3)20(19)28-21(25)17-12-10-9-11-13-17/h9-15H,7-8H2,1-6H3. The molecule has 28 heavy (non-hydrogen) atoms. The molecule has 5 nitrogen and oxygen atoms in total. The predicted molar refractivity (Wildman–Crippen MR) is 110 cm³/mol. The SMILES string of the molecule is CCN(CC)C(=O)Oc1cc(C(C)(C)C)cc(C)c1OC(=O)c1ccccc1. The zero-order valence-electron chi connectivity index (χ0n) is 17.5. The Kier molecular flexibility index (Phi) is 6.84. The summed E-state index contributed by atoms with van der Waals surface area (Å²) in [6, 6.07) is 12.5. The molecule has 0 saturated carbocycles. The Balaban J connectivity index is 2.45. The summed E-state index contributed by atoms with van der Waals surface area (Å²) in [6.45, 7) is 12.9. The number of carbonyl (C=O) groups excluding carboxylic acids is 2. The first-order valence-electron chi connectivity index (χ1n) is 9.56. The van der Waals surface area contributed by atoms with Gasteiger partial charge in [0.25, 0.3) is 0 Å². The van der Waals surface area contributed by atoms with Crippen molar-refractivity contribution in [3.63, 3.8) is 0 Å². The van der Waals surface area contributed by atoms with E-state index in [1.54, 1.807) is 35.2 Å². The molecule has 0 aliphatic rings. The number of esters is 1. The van der Waals surface area contributed by atoms with Crippen LogP contribution in [0, 0.1) is 6.92 Å². The zero-order chi connectivity index (χ0) is 20.9. The molecule has 0 atom stereocenters. The normalized spacial score (nSPS) is 11.1. The number of hydrogen-bond acceptors (Lipinski definition) is 4. The highest BCUT2D eigenvalue weighted by molar-refractivity contribution is 5.91. The largest absolute Gasteiger partial charge is 0.419 e. The first-order valence-corrected chi connectivity index (χ1v) is 9.56. The molecule has 150 valence electrons. The van der Waals surface area contributed by atoms with Gasteiger partial charge in [0.1, 0.15) is 0 Å². The van der Waals surface area contributed by atoms with Crippen molar-refractivity contribution in [1.82, 2.24) is 4.90 Å². The smallest absolute Gasteiger partial charge is 0.415 e. The van der Waals surface area contributed by atoms with E-state index >= 15 is 0 Å². The highest BCUT2D eigenvalue weighted by Gasteiger charge is 2.24. The van der Waals surface area contributed by atoms with Gasteiger partial charge in [-0.3, -0.25) is 0 Å². The average Bonchev–Trinajstić information content (AvgIpc) is 2.65. The van der Waals surface area contributed by atoms with E-state index in [1.165, 1.54) is 0 Å². The van der Waals surface area contributed by atoms with Crippen molar-refractivity contribution in [3.8, 4) is 11.5 Å². The Hall–Kier alpha value is -2.82. The first-order chi connectivity index (χ1) is 13.2. The Labute approximate surface area is 167 Å². The molecule has 5 heteroatoms. The van der Waals surface area contributed by atoms with Crippen LogP contribution in [-0.4, -0.2) is 30.1 Å². The molecular formula is C23H29NO4. The molecule has 0 fully saturated rings. The Morgan fingerprint density at radius 1 is 0.964 bits per heavy atom. The molecule has 0 bridgehead atoms. The van der Waals surface area contributed by atoms with Crippen LogP contribution < -0.4 is 9.47 Å². The lowest BCUT2D eigenvalue weighted by molar-refractivity contribution is 0.0726. The summed E-state index contributed by atoms with van der Waals surface area (Å²) in [5, 5.41) is 0. The molecule has 0 unspecified atom stereocenters. The van der Waals surface area contributed by atoms with Gasteiger partial charge < -0.3 is 14.4 Å². The van der Waals surface area contributed by atoms with E-state index in [9.17, 15) is 9.59 Å². The highest BCUT2D eigenvalue weighted by Crippen LogP contribution is 2.37. The average molecular weight is 383 g/mol. The molecular weight excluding hydrogens is 354 g/mol. The van der Waals surface area contributed by atoms with Crippen molar-refractivity contribution in [2.75, 3.05) is 13.1 Å². The molecule has 0 heterocycles. The third kappa shape index (κ3) is 5.12. The van der Waals surface area contributed by atoms with Crippen molar-refractivity contribution in [2.45, 2.75) is 47.0 Å². The van der Waals surface area contributed by atoms with E-state index < -0.39 is 12.1 Å². The molecule has 0 saturated heterocycles. The molecule has 2 aromatic rings. The number of amides is 1. The van der Waals surface area contributed by atoms with E-state index in [-0.39, 0.29) is 16.9 Å². The van der Waals surface area contributed by atoms with Crippen LogP contribution in [0.15, 0.2) is 42.5 Å². The third-order valence-corrected chi connectivity index (χ3v) is 4.53. The molecule has 2 aromatic carbocycles. The second-order valence-corrected chi connectivity index (χ2v) is 7.67. The fourth-order valence-corrected chi connectivity index (χ4v) is 2.75. The second-order valence-electron chi connectivity index (χ2n) is 7.67. The van der Waals surface area contributed by atoms with E-state index in [4.69, 9.17) is 9.47 Å². The Morgan fingerprint density at radius 3 is 2.11 bits per heavy atom. The molecule has 0 spiro atoms. The maximum atomic E-state index is 12.6. The fourth-order valence-electron chi connectivity index (χ4n) is 2.75. The lowest BCUT2D eigenvalue weighted by Gasteiger charge is -2.24. The van der Waals surface area contributed by atoms with Crippen LogP contribution in [0.3, 0.4) is 0 Å². The quantitative estimate of drug-likeness (QED) is 0.516. The summed E-state index contributed by atoms with van der Waals surface area (Å²) in [4.78, 5) is 26.6. The lowest BCUT2D eigenvalue weighted by atomic mass is 9.86. The van der Waals surface area contributed by atoms with Gasteiger partial charge in [0.15, 0.2) is 11.5 Å². The van der Waals surface area contributed by atoms with Crippen LogP contribution in [0.25, 0.3) is 0 Å². The zero-order valence-corrected chi connectivity index (χ0v) is 17.5. The van der Waals surface area contributed by atoms with Crippen LogP contribution in [0.4, 0.5) is 4.79 Å². The summed E-state index contributed by atoms with van der Waals surface area (Å²) in [7, 11) is 0. The third-order valence-electron chi connectivity index (χ3n) is 4.53. The van der Waals surface area contributed by atoms with Gasteiger partial charge in [-0.1, -0.05) is 45.0 Å². The maximum Gasteiger partial charge on any atom is 0.415 e. The van der Waals surface area contributed by atoms with E-state index in [2.05, 4.69) is 20.8 Å². The van der Waals surface area contributed by atoms with E-state index in [0.717, 1.165) is 11.1 Å². The van der Waals surface area contributed by atoms with Crippen molar-refractivity contribution >= 4 is 12.1 Å². The molecule has 2 rings (SSSR count). The molecule has 1 amide bonds. The van der Waals surface area contributed by atoms with Crippen molar-refractivity contribution in [2.24, 2.45) is 0 Å². The molecule has 0 aliphatic heterocycles. The van der Waals surface area contributed by atoms with Gasteiger partial charge in [0.05, 0.1) is 5.56 Å². The topological polar surface area (TPSA) is 55.8 Å². The van der Waals surface area contributed by atoms with Gasteiger partial charge in [-0.05, 0) is 55.5 Å². The summed E-state index contributed by atoms with van der Waals surface area (Å²) in [5.74, 6) is 0.0285. The van der Waals surface area contributed by atoms with Crippen LogP contribution in [0.5, 0.6) is 11.5 Å². The van der Waals surface area contributed by atoms with Gasteiger partial charge >= 0.3 is 12.1 Å². The van der Waals surface area contributed by atoms with Crippen LogP contribution in [-0.2, 0) is 5.41 Å². The maximum absolute atomic E-state index is 12.6. The van der Waals surface area contributed by atoms with Crippen molar-refractivity contribution in [3.05, 3.63) is 59.2 Å². The molecule has 0 radical (unpaired) electrons. The molecule has 0 aromatic heterocycles. The fraction of sp³-hybridized carbons (Fsp3) is 0.391. The van der Waals surface area contributed by atoms with E-state index in [1.807, 2.05) is 32.9 Å². The van der Waals surface area contributed by atoms with Crippen molar-refractivity contribution < 1.29 is 19.1 Å². The van der Waals surface area contributed by atoms with Crippen molar-refractivity contribution in [1.29, 1.82) is 0 Å². The number of benzene rings is 2. The summed E-state index contributed by atoms with van der Waals surface area (Å²) in [5.41, 5.74) is 2.01. The summed E-state index contributed by atoms with van der Waals surface area (Å²) in [6.07, 6.45) is -0.465. The highest BCUT2D eigenvalue weighted by atomic mass is 16.6.